The van der Waals surface area contributed by atoms with Gasteiger partial charge in [0.05, 0.1) is 10.7 Å². The van der Waals surface area contributed by atoms with E-state index in [2.05, 4.69) is 11.1 Å². The largest absolute Gasteiger partial charge is 0.326 e. The number of aryl methyl sites for hydroxylation is 3. The maximum Gasteiger partial charge on any atom is 0.0934 e. The summed E-state index contributed by atoms with van der Waals surface area (Å²) in [5.41, 5.74) is 7.96. The van der Waals surface area contributed by atoms with Gasteiger partial charge < -0.3 is 5.73 Å². The van der Waals surface area contributed by atoms with Gasteiger partial charge >= 0.3 is 0 Å². The molecule has 0 spiro atoms. The third-order valence-corrected chi connectivity index (χ3v) is 4.11. The molecular weight excluding hydrogens is 252 g/mol. The highest BCUT2D eigenvalue weighted by Crippen LogP contribution is 2.19. The summed E-state index contributed by atoms with van der Waals surface area (Å²) >= 11 is 7.66. The monoisotopic (exact) mass is 266 g/mol. The highest BCUT2D eigenvalue weighted by atomic mass is 35.5. The van der Waals surface area contributed by atoms with Gasteiger partial charge in [-0.15, -0.1) is 11.3 Å². The Morgan fingerprint density at radius 1 is 1.35 bits per heavy atom. The molecule has 0 radical (unpaired) electrons. The molecule has 1 heterocycles. The van der Waals surface area contributed by atoms with E-state index < -0.39 is 0 Å². The minimum absolute atomic E-state index is 0.584. The zero-order chi connectivity index (χ0) is 12.3. The van der Waals surface area contributed by atoms with Crippen LogP contribution < -0.4 is 5.73 Å². The second-order valence-electron chi connectivity index (χ2n) is 3.95. The van der Waals surface area contributed by atoms with Gasteiger partial charge in [0.15, 0.2) is 0 Å². The Morgan fingerprint density at radius 3 is 2.82 bits per heavy atom. The molecule has 0 unspecified atom stereocenters. The van der Waals surface area contributed by atoms with Crippen LogP contribution in [0.25, 0.3) is 0 Å². The zero-order valence-electron chi connectivity index (χ0n) is 9.74. The summed E-state index contributed by atoms with van der Waals surface area (Å²) in [5, 5.41) is 1.95. The van der Waals surface area contributed by atoms with Gasteiger partial charge in [0.25, 0.3) is 0 Å². The lowest BCUT2D eigenvalue weighted by Gasteiger charge is -1.99. The number of halogens is 1. The normalized spacial score (nSPS) is 10.8. The van der Waals surface area contributed by atoms with E-state index in [4.69, 9.17) is 17.3 Å². The Kier molecular flexibility index (Phi) is 4.15. The second-order valence-corrected chi connectivity index (χ2v) is 5.55. The van der Waals surface area contributed by atoms with Crippen LogP contribution in [0.15, 0.2) is 24.3 Å². The number of hydrogen-bond donors (Lipinski definition) is 1. The Bertz CT molecular complexity index is 508. The molecule has 0 fully saturated rings. The van der Waals surface area contributed by atoms with Crippen molar-refractivity contribution in [2.45, 2.75) is 26.3 Å². The highest BCUT2D eigenvalue weighted by molar-refractivity contribution is 7.11. The van der Waals surface area contributed by atoms with E-state index in [1.807, 2.05) is 25.1 Å². The summed E-state index contributed by atoms with van der Waals surface area (Å²) in [6, 6.07) is 7.98. The summed E-state index contributed by atoms with van der Waals surface area (Å²) in [6.45, 7) is 2.60. The Hall–Kier alpha value is -0.900. The Morgan fingerprint density at radius 2 is 2.18 bits per heavy atom. The van der Waals surface area contributed by atoms with Crippen molar-refractivity contribution in [3.63, 3.8) is 0 Å². The standard InChI is InChI=1S/C13H15ClN2S/c1-9-12(8-15)17-13(16-9)6-5-10-3-2-4-11(14)7-10/h2-4,7H,5-6,8,15H2,1H3. The van der Waals surface area contributed by atoms with Crippen LogP contribution in [0.3, 0.4) is 0 Å². The quantitative estimate of drug-likeness (QED) is 0.922. The van der Waals surface area contributed by atoms with Crippen molar-refractivity contribution in [2.75, 3.05) is 0 Å². The van der Waals surface area contributed by atoms with Crippen LogP contribution in [-0.4, -0.2) is 4.98 Å². The molecule has 2 aromatic rings. The average molecular weight is 267 g/mol. The van der Waals surface area contributed by atoms with Crippen molar-refractivity contribution in [1.29, 1.82) is 0 Å². The van der Waals surface area contributed by atoms with Crippen molar-refractivity contribution in [1.82, 2.24) is 4.98 Å². The number of hydrogen-bond acceptors (Lipinski definition) is 3. The van der Waals surface area contributed by atoms with E-state index in [0.717, 1.165) is 28.6 Å². The van der Waals surface area contributed by atoms with Gasteiger partial charge in [0, 0.05) is 22.9 Å². The Labute approximate surface area is 110 Å². The average Bonchev–Trinajstić information content (AvgIpc) is 2.67. The van der Waals surface area contributed by atoms with Crippen LogP contribution >= 0.6 is 22.9 Å². The van der Waals surface area contributed by atoms with Crippen LogP contribution in [0.4, 0.5) is 0 Å². The smallest absolute Gasteiger partial charge is 0.0934 e. The molecule has 0 amide bonds. The fraction of sp³-hybridized carbons (Fsp3) is 0.308. The highest BCUT2D eigenvalue weighted by Gasteiger charge is 2.06. The van der Waals surface area contributed by atoms with Gasteiger partial charge in [0.1, 0.15) is 0 Å². The minimum atomic E-state index is 0.584. The fourth-order valence-electron chi connectivity index (χ4n) is 1.73. The zero-order valence-corrected chi connectivity index (χ0v) is 11.3. The summed E-state index contributed by atoms with van der Waals surface area (Å²) < 4.78 is 0. The molecule has 0 aliphatic carbocycles. The van der Waals surface area contributed by atoms with Crippen molar-refractivity contribution in [3.8, 4) is 0 Å². The van der Waals surface area contributed by atoms with Crippen LogP contribution in [0.2, 0.25) is 5.02 Å². The third kappa shape index (κ3) is 3.28. The van der Waals surface area contributed by atoms with E-state index in [-0.39, 0.29) is 0 Å². The first-order valence-electron chi connectivity index (χ1n) is 5.58. The van der Waals surface area contributed by atoms with Gasteiger partial charge in [-0.25, -0.2) is 4.98 Å². The summed E-state index contributed by atoms with van der Waals surface area (Å²) in [5.74, 6) is 0. The molecule has 1 aromatic carbocycles. The van der Waals surface area contributed by atoms with E-state index in [9.17, 15) is 0 Å². The molecule has 90 valence electrons. The minimum Gasteiger partial charge on any atom is -0.326 e. The van der Waals surface area contributed by atoms with E-state index in [0.29, 0.717) is 6.54 Å². The van der Waals surface area contributed by atoms with Crippen molar-refractivity contribution in [2.24, 2.45) is 5.73 Å². The van der Waals surface area contributed by atoms with Crippen LogP contribution in [0, 0.1) is 6.92 Å². The number of aromatic nitrogens is 1. The molecule has 1 aromatic heterocycles. The van der Waals surface area contributed by atoms with E-state index in [1.54, 1.807) is 11.3 Å². The summed E-state index contributed by atoms with van der Waals surface area (Å²) in [6.07, 6.45) is 1.92. The molecule has 2 N–H and O–H groups in total. The SMILES string of the molecule is Cc1nc(CCc2cccc(Cl)c2)sc1CN. The van der Waals surface area contributed by atoms with Gasteiger partial charge in [-0.05, 0) is 31.0 Å². The third-order valence-electron chi connectivity index (χ3n) is 2.64. The number of nitrogens with two attached hydrogens (primary N) is 1. The van der Waals surface area contributed by atoms with Crippen molar-refractivity contribution < 1.29 is 0 Å². The van der Waals surface area contributed by atoms with Gasteiger partial charge in [0.2, 0.25) is 0 Å². The van der Waals surface area contributed by atoms with Gasteiger partial charge in [-0.1, -0.05) is 23.7 Å². The molecule has 0 aliphatic rings. The number of thiazole rings is 1. The maximum absolute atomic E-state index is 5.95. The van der Waals surface area contributed by atoms with Crippen LogP contribution in [0.1, 0.15) is 21.1 Å². The molecular formula is C13H15ClN2S. The van der Waals surface area contributed by atoms with Crippen LogP contribution in [-0.2, 0) is 19.4 Å². The number of nitrogens with zero attached hydrogens (tertiary/aromatic N) is 1. The molecule has 0 aliphatic heterocycles. The molecule has 2 rings (SSSR count). The molecule has 4 heteroatoms. The first kappa shape index (κ1) is 12.6. The second kappa shape index (κ2) is 5.63. The molecule has 0 atom stereocenters. The van der Waals surface area contributed by atoms with E-state index >= 15 is 0 Å². The molecule has 17 heavy (non-hydrogen) atoms. The summed E-state index contributed by atoms with van der Waals surface area (Å²) in [7, 11) is 0. The molecule has 0 saturated heterocycles. The Balaban J connectivity index is 2.02. The molecule has 2 nitrogen and oxygen atoms in total. The number of benzene rings is 1. The first-order valence-corrected chi connectivity index (χ1v) is 6.78. The predicted molar refractivity (Wildman–Crippen MR) is 73.6 cm³/mol. The lowest BCUT2D eigenvalue weighted by Crippen LogP contribution is -1.94. The predicted octanol–water partition coefficient (Wildman–Crippen LogP) is 3.35. The maximum atomic E-state index is 5.95. The van der Waals surface area contributed by atoms with E-state index in [1.165, 1.54) is 10.4 Å². The van der Waals surface area contributed by atoms with Gasteiger partial charge in [-0.3, -0.25) is 0 Å². The first-order chi connectivity index (χ1) is 8.19. The summed E-state index contributed by atoms with van der Waals surface area (Å²) in [4.78, 5) is 5.71. The topological polar surface area (TPSA) is 38.9 Å². The molecule has 0 saturated carbocycles. The molecule has 0 bridgehead atoms. The van der Waals surface area contributed by atoms with Crippen LogP contribution in [0.5, 0.6) is 0 Å². The van der Waals surface area contributed by atoms with Gasteiger partial charge in [-0.2, -0.15) is 0 Å². The number of rotatable bonds is 4. The van der Waals surface area contributed by atoms with Crippen molar-refractivity contribution >= 4 is 22.9 Å². The fourth-order valence-corrected chi connectivity index (χ4v) is 2.89. The van der Waals surface area contributed by atoms with Crippen molar-refractivity contribution in [3.05, 3.63) is 50.4 Å². The lowest BCUT2D eigenvalue weighted by atomic mass is 10.1. The lowest BCUT2D eigenvalue weighted by molar-refractivity contribution is 0.933.